The second-order valence-corrected chi connectivity index (χ2v) is 7.44. The summed E-state index contributed by atoms with van der Waals surface area (Å²) < 4.78 is 2.23. The van der Waals surface area contributed by atoms with Crippen LogP contribution in [0, 0.1) is 6.92 Å². The van der Waals surface area contributed by atoms with Crippen LogP contribution < -0.4 is 5.32 Å². The van der Waals surface area contributed by atoms with Crippen LogP contribution in [0.15, 0.2) is 42.5 Å². The number of rotatable bonds is 4. The van der Waals surface area contributed by atoms with E-state index in [-0.39, 0.29) is 5.91 Å². The van der Waals surface area contributed by atoms with E-state index in [2.05, 4.69) is 33.1 Å². The molecule has 2 heterocycles. The summed E-state index contributed by atoms with van der Waals surface area (Å²) in [6, 6.07) is 13.9. The Kier molecular flexibility index (Phi) is 5.24. The zero-order valence-electron chi connectivity index (χ0n) is 16.5. The molecule has 0 aliphatic carbocycles. The van der Waals surface area contributed by atoms with Crippen LogP contribution in [0.5, 0.6) is 0 Å². The molecule has 5 heteroatoms. The summed E-state index contributed by atoms with van der Waals surface area (Å²) in [6.07, 6.45) is 5.50. The largest absolute Gasteiger partial charge is 0.322 e. The number of hydrogen-bond acceptors (Lipinski definition) is 3. The molecule has 1 N–H and O–H groups in total. The number of amides is 1. The van der Waals surface area contributed by atoms with Gasteiger partial charge in [0.05, 0.1) is 0 Å². The number of benzene rings is 2. The van der Waals surface area contributed by atoms with Gasteiger partial charge in [-0.2, -0.15) is 0 Å². The molecule has 1 aliphatic rings. The molecule has 0 bridgehead atoms. The molecule has 3 aromatic rings. The monoisotopic (exact) mass is 374 g/mol. The molecule has 0 spiro atoms. The van der Waals surface area contributed by atoms with Gasteiger partial charge in [0, 0.05) is 29.8 Å². The van der Waals surface area contributed by atoms with Gasteiger partial charge in [-0.15, -0.1) is 10.2 Å². The highest BCUT2D eigenvalue weighted by atomic mass is 16.1. The molecular formula is C23H26N4O. The molecule has 4 rings (SSSR count). The van der Waals surface area contributed by atoms with Crippen LogP contribution in [0.4, 0.5) is 5.69 Å². The fraction of sp³-hybridized carbons (Fsp3) is 0.348. The maximum absolute atomic E-state index is 12.7. The van der Waals surface area contributed by atoms with Crippen molar-refractivity contribution in [1.29, 1.82) is 0 Å². The van der Waals surface area contributed by atoms with Gasteiger partial charge in [0.1, 0.15) is 5.82 Å². The van der Waals surface area contributed by atoms with Crippen molar-refractivity contribution in [3.05, 3.63) is 65.0 Å². The summed E-state index contributed by atoms with van der Waals surface area (Å²) in [5, 5.41) is 11.9. The maximum atomic E-state index is 12.7. The van der Waals surface area contributed by atoms with Gasteiger partial charge < -0.3 is 9.88 Å². The Morgan fingerprint density at radius 3 is 2.68 bits per heavy atom. The molecule has 1 aromatic heterocycles. The van der Waals surface area contributed by atoms with E-state index in [9.17, 15) is 4.79 Å². The molecule has 0 atom stereocenters. The smallest absolute Gasteiger partial charge is 0.255 e. The number of hydrogen-bond donors (Lipinski definition) is 1. The van der Waals surface area contributed by atoms with Crippen LogP contribution in [-0.4, -0.2) is 20.7 Å². The first-order valence-electron chi connectivity index (χ1n) is 10.1. The van der Waals surface area contributed by atoms with Crippen molar-refractivity contribution in [3.8, 4) is 11.4 Å². The predicted molar refractivity (Wildman–Crippen MR) is 112 cm³/mol. The minimum Gasteiger partial charge on any atom is -0.322 e. The number of aromatic nitrogens is 3. The molecule has 0 saturated carbocycles. The molecule has 5 nitrogen and oxygen atoms in total. The van der Waals surface area contributed by atoms with E-state index in [4.69, 9.17) is 0 Å². The Bertz CT molecular complexity index is 988. The number of fused-ring (bicyclic) bond motifs is 1. The molecular weight excluding hydrogens is 348 g/mol. The van der Waals surface area contributed by atoms with Gasteiger partial charge in [0.25, 0.3) is 5.91 Å². The van der Waals surface area contributed by atoms with Crippen molar-refractivity contribution in [3.63, 3.8) is 0 Å². The van der Waals surface area contributed by atoms with Crippen LogP contribution in [0.25, 0.3) is 11.4 Å². The Morgan fingerprint density at radius 2 is 1.89 bits per heavy atom. The van der Waals surface area contributed by atoms with Crippen LogP contribution in [0.3, 0.4) is 0 Å². The van der Waals surface area contributed by atoms with E-state index in [0.29, 0.717) is 5.56 Å². The highest BCUT2D eigenvalue weighted by molar-refractivity contribution is 6.04. The third-order valence-corrected chi connectivity index (χ3v) is 5.48. The van der Waals surface area contributed by atoms with Crippen molar-refractivity contribution in [1.82, 2.24) is 14.8 Å². The van der Waals surface area contributed by atoms with Gasteiger partial charge in [-0.05, 0) is 55.5 Å². The number of nitrogens with one attached hydrogen (secondary N) is 1. The van der Waals surface area contributed by atoms with Crippen molar-refractivity contribution in [2.75, 3.05) is 5.32 Å². The second kappa shape index (κ2) is 7.97. The molecule has 144 valence electrons. The summed E-state index contributed by atoms with van der Waals surface area (Å²) in [5.74, 6) is 1.86. The topological polar surface area (TPSA) is 59.8 Å². The van der Waals surface area contributed by atoms with Gasteiger partial charge in [0.15, 0.2) is 5.82 Å². The number of anilines is 1. The van der Waals surface area contributed by atoms with Crippen molar-refractivity contribution >= 4 is 11.6 Å². The van der Waals surface area contributed by atoms with Gasteiger partial charge >= 0.3 is 0 Å². The molecule has 1 amide bonds. The third kappa shape index (κ3) is 3.70. The zero-order valence-corrected chi connectivity index (χ0v) is 16.5. The molecule has 1 aliphatic heterocycles. The van der Waals surface area contributed by atoms with E-state index in [1.54, 1.807) is 0 Å². The maximum Gasteiger partial charge on any atom is 0.255 e. The first kappa shape index (κ1) is 18.4. The van der Waals surface area contributed by atoms with E-state index in [1.165, 1.54) is 18.4 Å². The minimum absolute atomic E-state index is 0.0945. The summed E-state index contributed by atoms with van der Waals surface area (Å²) in [5.41, 5.74) is 4.72. The van der Waals surface area contributed by atoms with Crippen LogP contribution in [-0.2, 0) is 19.4 Å². The Hall–Kier alpha value is -2.95. The lowest BCUT2D eigenvalue weighted by Gasteiger charge is -2.12. The molecule has 0 radical (unpaired) electrons. The summed E-state index contributed by atoms with van der Waals surface area (Å²) in [7, 11) is 0. The van der Waals surface area contributed by atoms with Crippen molar-refractivity contribution in [2.24, 2.45) is 0 Å². The van der Waals surface area contributed by atoms with E-state index in [0.717, 1.165) is 54.3 Å². The predicted octanol–water partition coefficient (Wildman–Crippen LogP) is 4.79. The van der Waals surface area contributed by atoms with E-state index >= 15 is 0 Å². The summed E-state index contributed by atoms with van der Waals surface area (Å²) >= 11 is 0. The van der Waals surface area contributed by atoms with Gasteiger partial charge in [0.2, 0.25) is 0 Å². The van der Waals surface area contributed by atoms with Crippen molar-refractivity contribution in [2.45, 2.75) is 52.5 Å². The van der Waals surface area contributed by atoms with Crippen molar-refractivity contribution < 1.29 is 4.79 Å². The lowest BCUT2D eigenvalue weighted by molar-refractivity contribution is 0.102. The standard InChI is InChI=1S/C23H26N4O/c1-3-17-9-12-18(13-10-17)23(28)24-20-15-19(11-8-16(20)2)22-26-25-21-7-5-4-6-14-27(21)22/h8-13,15H,3-7,14H2,1-2H3,(H,24,28). The molecule has 28 heavy (non-hydrogen) atoms. The zero-order chi connectivity index (χ0) is 19.5. The van der Waals surface area contributed by atoms with Gasteiger partial charge in [-0.1, -0.05) is 37.6 Å². The van der Waals surface area contributed by atoms with Crippen LogP contribution >= 0.6 is 0 Å². The average molecular weight is 374 g/mol. The molecule has 0 fully saturated rings. The average Bonchev–Trinajstić information content (AvgIpc) is 2.97. The summed E-state index contributed by atoms with van der Waals surface area (Å²) in [4.78, 5) is 12.7. The van der Waals surface area contributed by atoms with Crippen LogP contribution in [0.2, 0.25) is 0 Å². The van der Waals surface area contributed by atoms with Gasteiger partial charge in [-0.3, -0.25) is 4.79 Å². The lowest BCUT2D eigenvalue weighted by atomic mass is 10.1. The number of nitrogens with zero attached hydrogens (tertiary/aromatic N) is 3. The minimum atomic E-state index is -0.0945. The number of aryl methyl sites for hydroxylation is 3. The Balaban J connectivity index is 1.61. The number of carbonyl (C=O) groups is 1. The first-order valence-corrected chi connectivity index (χ1v) is 10.1. The highest BCUT2D eigenvalue weighted by Gasteiger charge is 2.17. The highest BCUT2D eigenvalue weighted by Crippen LogP contribution is 2.27. The third-order valence-electron chi connectivity index (χ3n) is 5.48. The van der Waals surface area contributed by atoms with E-state index < -0.39 is 0 Å². The first-order chi connectivity index (χ1) is 13.7. The lowest BCUT2D eigenvalue weighted by Crippen LogP contribution is -2.13. The fourth-order valence-corrected chi connectivity index (χ4v) is 3.68. The molecule has 2 aromatic carbocycles. The fourth-order valence-electron chi connectivity index (χ4n) is 3.68. The SMILES string of the molecule is CCc1ccc(C(=O)Nc2cc(-c3nnc4n3CCCCC4)ccc2C)cc1. The van der Waals surface area contributed by atoms with E-state index in [1.807, 2.05) is 43.3 Å². The molecule has 0 unspecified atom stereocenters. The van der Waals surface area contributed by atoms with Gasteiger partial charge in [-0.25, -0.2) is 0 Å². The summed E-state index contributed by atoms with van der Waals surface area (Å²) in [6.45, 7) is 5.07. The number of carbonyl (C=O) groups excluding carboxylic acids is 1. The molecule has 0 saturated heterocycles. The Labute approximate surface area is 165 Å². The van der Waals surface area contributed by atoms with Crippen LogP contribution in [0.1, 0.15) is 53.5 Å². The second-order valence-electron chi connectivity index (χ2n) is 7.44. The Morgan fingerprint density at radius 1 is 1.07 bits per heavy atom. The quantitative estimate of drug-likeness (QED) is 0.714. The normalized spacial score (nSPS) is 13.6.